The van der Waals surface area contributed by atoms with Crippen molar-refractivity contribution in [3.8, 4) is 0 Å². The number of rotatable bonds is 6. The molecule has 0 aromatic carbocycles. The van der Waals surface area contributed by atoms with Crippen molar-refractivity contribution in [3.05, 3.63) is 11.9 Å². The van der Waals surface area contributed by atoms with E-state index in [1.165, 1.54) is 19.4 Å². The second kappa shape index (κ2) is 6.77. The van der Waals surface area contributed by atoms with E-state index >= 15 is 0 Å². The van der Waals surface area contributed by atoms with Gasteiger partial charge in [0.2, 0.25) is 5.95 Å². The van der Waals surface area contributed by atoms with Crippen LogP contribution in [0.2, 0.25) is 0 Å². The van der Waals surface area contributed by atoms with E-state index in [-0.39, 0.29) is 6.10 Å². The van der Waals surface area contributed by atoms with Gasteiger partial charge in [-0.1, -0.05) is 0 Å². The molecule has 0 bridgehead atoms. The maximum absolute atomic E-state index is 6.04. The van der Waals surface area contributed by atoms with Gasteiger partial charge < -0.3 is 19.4 Å². The molecule has 3 rings (SSSR count). The molecule has 0 radical (unpaired) electrons. The summed E-state index contributed by atoms with van der Waals surface area (Å²) in [4.78, 5) is 7.12. The Hall–Kier alpha value is -1.11. The van der Waals surface area contributed by atoms with Crippen LogP contribution in [0.1, 0.15) is 18.5 Å². The highest BCUT2D eigenvalue weighted by atomic mass is 16.5. The molecule has 0 amide bonds. The van der Waals surface area contributed by atoms with Crippen LogP contribution in [0.3, 0.4) is 0 Å². The van der Waals surface area contributed by atoms with Gasteiger partial charge in [0.05, 0.1) is 31.6 Å². The largest absolute Gasteiger partial charge is 0.383 e. The minimum atomic E-state index is 0.260. The third kappa shape index (κ3) is 3.56. The number of fused-ring (bicyclic) bond motifs is 1. The Morgan fingerprint density at radius 3 is 3.29 bits per heavy atom. The van der Waals surface area contributed by atoms with E-state index in [1.54, 1.807) is 7.11 Å². The van der Waals surface area contributed by atoms with Crippen molar-refractivity contribution in [1.82, 2.24) is 14.5 Å². The summed E-state index contributed by atoms with van der Waals surface area (Å²) in [5, 5.41) is 3.33. The molecule has 6 heteroatoms. The second-order valence-corrected chi connectivity index (χ2v) is 6.02. The number of hydrogen-bond acceptors (Lipinski definition) is 5. The van der Waals surface area contributed by atoms with E-state index in [1.807, 2.05) is 6.92 Å². The maximum Gasteiger partial charge on any atom is 0.203 e. The molecule has 118 valence electrons. The lowest BCUT2D eigenvalue weighted by Gasteiger charge is -2.35. The first-order valence-corrected chi connectivity index (χ1v) is 7.88. The number of ether oxygens (including phenoxy) is 2. The van der Waals surface area contributed by atoms with E-state index in [0.29, 0.717) is 12.6 Å². The Bertz CT molecular complexity index is 463. The smallest absolute Gasteiger partial charge is 0.203 e. The number of hydrogen-bond donors (Lipinski definition) is 1. The highest BCUT2D eigenvalue weighted by Crippen LogP contribution is 2.23. The highest BCUT2D eigenvalue weighted by Gasteiger charge is 2.32. The number of methoxy groups -OCH3 is 1. The Morgan fingerprint density at radius 1 is 1.52 bits per heavy atom. The number of aryl methyl sites for hydroxylation is 1. The van der Waals surface area contributed by atoms with Crippen LogP contribution in [0.15, 0.2) is 6.20 Å². The SMILES string of the molecule is COCCNc1nc(C)cn1CC1CN2CCCC2CO1. The fraction of sp³-hybridized carbons (Fsp3) is 0.800. The molecule has 2 atom stereocenters. The highest BCUT2D eigenvalue weighted by molar-refractivity contribution is 5.28. The molecular formula is C15H26N4O2. The lowest BCUT2D eigenvalue weighted by molar-refractivity contribution is -0.0549. The van der Waals surface area contributed by atoms with Gasteiger partial charge in [0, 0.05) is 32.4 Å². The molecule has 0 aliphatic carbocycles. The van der Waals surface area contributed by atoms with Gasteiger partial charge in [0.25, 0.3) is 0 Å². The topological polar surface area (TPSA) is 51.5 Å². The zero-order valence-corrected chi connectivity index (χ0v) is 13.0. The molecule has 2 aliphatic heterocycles. The van der Waals surface area contributed by atoms with Crippen molar-refractivity contribution >= 4 is 5.95 Å². The molecule has 0 spiro atoms. The first-order chi connectivity index (χ1) is 10.3. The van der Waals surface area contributed by atoms with Crippen molar-refractivity contribution in [2.75, 3.05) is 45.3 Å². The zero-order chi connectivity index (χ0) is 14.7. The lowest BCUT2D eigenvalue weighted by Crippen LogP contribution is -2.47. The number of morpholine rings is 1. The summed E-state index contributed by atoms with van der Waals surface area (Å²) in [7, 11) is 1.71. The number of anilines is 1. The normalized spacial score (nSPS) is 26.0. The van der Waals surface area contributed by atoms with E-state index in [0.717, 1.165) is 37.9 Å². The predicted molar refractivity (Wildman–Crippen MR) is 81.7 cm³/mol. The quantitative estimate of drug-likeness (QED) is 0.797. The fourth-order valence-electron chi connectivity index (χ4n) is 3.31. The van der Waals surface area contributed by atoms with Crippen molar-refractivity contribution in [2.45, 2.75) is 38.5 Å². The van der Waals surface area contributed by atoms with Gasteiger partial charge in [0.15, 0.2) is 0 Å². The molecule has 2 saturated heterocycles. The standard InChI is InChI=1S/C15H26N4O2/c1-12-8-19(15(17-12)16-5-7-20-2)10-14-9-18-6-3-4-13(18)11-21-14/h8,13-14H,3-7,9-11H2,1-2H3,(H,16,17). The van der Waals surface area contributed by atoms with Crippen molar-refractivity contribution < 1.29 is 9.47 Å². The van der Waals surface area contributed by atoms with E-state index in [2.05, 4.69) is 26.0 Å². The minimum Gasteiger partial charge on any atom is -0.383 e. The molecule has 1 N–H and O–H groups in total. The van der Waals surface area contributed by atoms with Crippen molar-refractivity contribution in [2.24, 2.45) is 0 Å². The van der Waals surface area contributed by atoms with Crippen LogP contribution in [-0.2, 0) is 16.0 Å². The summed E-state index contributed by atoms with van der Waals surface area (Å²) in [6.45, 7) is 7.49. The zero-order valence-electron chi connectivity index (χ0n) is 13.0. The van der Waals surface area contributed by atoms with E-state index < -0.39 is 0 Å². The summed E-state index contributed by atoms with van der Waals surface area (Å²) >= 11 is 0. The maximum atomic E-state index is 6.04. The number of imidazole rings is 1. The second-order valence-electron chi connectivity index (χ2n) is 6.02. The van der Waals surface area contributed by atoms with Gasteiger partial charge in [-0.25, -0.2) is 4.98 Å². The van der Waals surface area contributed by atoms with Gasteiger partial charge in [-0.2, -0.15) is 0 Å². The first kappa shape index (κ1) is 14.8. The predicted octanol–water partition coefficient (Wildman–Crippen LogP) is 1.11. The average molecular weight is 294 g/mol. The van der Waals surface area contributed by atoms with Gasteiger partial charge >= 0.3 is 0 Å². The van der Waals surface area contributed by atoms with E-state index in [4.69, 9.17) is 9.47 Å². The van der Waals surface area contributed by atoms with E-state index in [9.17, 15) is 0 Å². The van der Waals surface area contributed by atoms with Crippen LogP contribution in [-0.4, -0.2) is 66.6 Å². The molecule has 0 saturated carbocycles. The van der Waals surface area contributed by atoms with Crippen molar-refractivity contribution in [1.29, 1.82) is 0 Å². The molecule has 2 fully saturated rings. The van der Waals surface area contributed by atoms with Gasteiger partial charge in [-0.05, 0) is 26.3 Å². The molecular weight excluding hydrogens is 268 g/mol. The molecule has 2 aliphatic rings. The average Bonchev–Trinajstić information content (AvgIpc) is 3.06. The monoisotopic (exact) mass is 294 g/mol. The summed E-state index contributed by atoms with van der Waals surface area (Å²) in [6.07, 6.45) is 4.96. The van der Waals surface area contributed by atoms with Gasteiger partial charge in [-0.15, -0.1) is 0 Å². The van der Waals surface area contributed by atoms with Crippen LogP contribution in [0.5, 0.6) is 0 Å². The Morgan fingerprint density at radius 2 is 2.43 bits per heavy atom. The molecule has 1 aromatic heterocycles. The molecule has 6 nitrogen and oxygen atoms in total. The Balaban J connectivity index is 1.59. The fourth-order valence-corrected chi connectivity index (χ4v) is 3.31. The summed E-state index contributed by atoms with van der Waals surface area (Å²) in [6, 6.07) is 0.657. The third-order valence-electron chi connectivity index (χ3n) is 4.35. The van der Waals surface area contributed by atoms with Gasteiger partial charge in [0.1, 0.15) is 0 Å². The van der Waals surface area contributed by atoms with Crippen LogP contribution in [0.25, 0.3) is 0 Å². The summed E-state index contributed by atoms with van der Waals surface area (Å²) < 4.78 is 13.3. The third-order valence-corrected chi connectivity index (χ3v) is 4.35. The molecule has 1 aromatic rings. The Labute approximate surface area is 126 Å². The number of aromatic nitrogens is 2. The summed E-state index contributed by atoms with van der Waals surface area (Å²) in [5.74, 6) is 0.914. The molecule has 21 heavy (non-hydrogen) atoms. The minimum absolute atomic E-state index is 0.260. The first-order valence-electron chi connectivity index (χ1n) is 7.88. The molecule has 2 unspecified atom stereocenters. The van der Waals surface area contributed by atoms with Crippen LogP contribution < -0.4 is 5.32 Å². The van der Waals surface area contributed by atoms with Crippen LogP contribution in [0, 0.1) is 6.92 Å². The van der Waals surface area contributed by atoms with Crippen LogP contribution >= 0.6 is 0 Å². The Kier molecular flexibility index (Phi) is 4.77. The van der Waals surface area contributed by atoms with Crippen molar-refractivity contribution in [3.63, 3.8) is 0 Å². The molecule has 3 heterocycles. The lowest BCUT2D eigenvalue weighted by atomic mass is 10.2. The number of nitrogens with zero attached hydrogens (tertiary/aromatic N) is 3. The van der Waals surface area contributed by atoms with Gasteiger partial charge in [-0.3, -0.25) is 4.90 Å². The summed E-state index contributed by atoms with van der Waals surface area (Å²) in [5.41, 5.74) is 1.03. The number of nitrogens with one attached hydrogen (secondary N) is 1. The van der Waals surface area contributed by atoms with Crippen LogP contribution in [0.4, 0.5) is 5.95 Å².